The summed E-state index contributed by atoms with van der Waals surface area (Å²) in [6, 6.07) is 0. The van der Waals surface area contributed by atoms with Crippen molar-refractivity contribution >= 4 is 11.6 Å². The van der Waals surface area contributed by atoms with Gasteiger partial charge in [-0.05, 0) is 16.7 Å². The van der Waals surface area contributed by atoms with Gasteiger partial charge in [-0.25, -0.2) is 10.8 Å². The van der Waals surface area contributed by atoms with Gasteiger partial charge >= 0.3 is 0 Å². The van der Waals surface area contributed by atoms with Crippen LogP contribution in [-0.4, -0.2) is 16.5 Å². The number of aromatic nitrogens is 2. The normalized spacial score (nSPS) is 21.0. The van der Waals surface area contributed by atoms with E-state index in [1.807, 2.05) is 0 Å². The molecular formula is C12H21N5. The van der Waals surface area contributed by atoms with Crippen molar-refractivity contribution in [2.24, 2.45) is 22.6 Å². The molecule has 1 aromatic rings. The van der Waals surface area contributed by atoms with Crippen LogP contribution in [0.4, 0.5) is 11.6 Å². The molecule has 5 heteroatoms. The number of nitrogens with two attached hydrogens (primary N) is 1. The maximum absolute atomic E-state index is 5.29. The first-order chi connectivity index (χ1) is 7.89. The van der Waals surface area contributed by atoms with Gasteiger partial charge in [0.05, 0.1) is 12.4 Å². The molecule has 0 radical (unpaired) electrons. The summed E-state index contributed by atoms with van der Waals surface area (Å²) in [5.74, 6) is 7.29. The van der Waals surface area contributed by atoms with Crippen LogP contribution in [0.25, 0.3) is 0 Å². The Morgan fingerprint density at radius 3 is 2.29 bits per heavy atom. The average Bonchev–Trinajstić information content (AvgIpc) is 2.67. The maximum atomic E-state index is 5.29. The van der Waals surface area contributed by atoms with E-state index in [2.05, 4.69) is 48.4 Å². The second kappa shape index (κ2) is 3.84. The van der Waals surface area contributed by atoms with Gasteiger partial charge in [0, 0.05) is 6.54 Å². The molecule has 1 heterocycles. The number of nitrogens with one attached hydrogen (secondary N) is 2. The summed E-state index contributed by atoms with van der Waals surface area (Å²) in [5, 5.41) is 3.32. The fourth-order valence-electron chi connectivity index (χ4n) is 2.57. The van der Waals surface area contributed by atoms with Gasteiger partial charge in [-0.2, -0.15) is 0 Å². The van der Waals surface area contributed by atoms with Crippen LogP contribution < -0.4 is 16.6 Å². The zero-order chi connectivity index (χ0) is 12.7. The van der Waals surface area contributed by atoms with E-state index < -0.39 is 0 Å². The molecule has 1 aliphatic rings. The lowest BCUT2D eigenvalue weighted by atomic mass is 10.0. The standard InChI is InChI=1S/C12H21N5/c1-11(2)8(12(11,3)4)5-15-9-6-14-7-10(16-9)17-13/h6-8H,5,13H2,1-4H3,(H2,15,16,17). The summed E-state index contributed by atoms with van der Waals surface area (Å²) in [4.78, 5) is 8.34. The first-order valence-corrected chi connectivity index (χ1v) is 5.92. The molecule has 0 unspecified atom stereocenters. The van der Waals surface area contributed by atoms with Crippen LogP contribution in [0.3, 0.4) is 0 Å². The van der Waals surface area contributed by atoms with E-state index in [-0.39, 0.29) is 0 Å². The fourth-order valence-corrected chi connectivity index (χ4v) is 2.57. The smallest absolute Gasteiger partial charge is 0.160 e. The number of hydrogen-bond donors (Lipinski definition) is 3. The molecule has 5 nitrogen and oxygen atoms in total. The third-order valence-electron chi connectivity index (χ3n) is 4.59. The van der Waals surface area contributed by atoms with Gasteiger partial charge in [0.1, 0.15) is 5.82 Å². The molecule has 17 heavy (non-hydrogen) atoms. The Hall–Kier alpha value is -1.36. The topological polar surface area (TPSA) is 75.9 Å². The summed E-state index contributed by atoms with van der Waals surface area (Å²) in [6.45, 7) is 10.2. The largest absolute Gasteiger partial charge is 0.368 e. The highest BCUT2D eigenvalue weighted by Gasteiger charge is 2.64. The van der Waals surface area contributed by atoms with E-state index in [9.17, 15) is 0 Å². The molecule has 4 N–H and O–H groups in total. The Balaban J connectivity index is 1.95. The highest BCUT2D eigenvalue weighted by atomic mass is 15.3. The molecule has 1 saturated carbocycles. The van der Waals surface area contributed by atoms with Crippen LogP contribution in [-0.2, 0) is 0 Å². The molecule has 0 spiro atoms. The van der Waals surface area contributed by atoms with Gasteiger partial charge in [0.15, 0.2) is 5.82 Å². The van der Waals surface area contributed by atoms with Crippen molar-refractivity contribution in [2.45, 2.75) is 27.7 Å². The van der Waals surface area contributed by atoms with Crippen LogP contribution in [0, 0.1) is 16.7 Å². The molecule has 1 aromatic heterocycles. The van der Waals surface area contributed by atoms with Gasteiger partial charge in [-0.15, -0.1) is 0 Å². The van der Waals surface area contributed by atoms with Gasteiger partial charge in [0.2, 0.25) is 0 Å². The van der Waals surface area contributed by atoms with Crippen molar-refractivity contribution < 1.29 is 0 Å². The lowest BCUT2D eigenvalue weighted by Crippen LogP contribution is -2.12. The van der Waals surface area contributed by atoms with Crippen molar-refractivity contribution in [3.63, 3.8) is 0 Å². The van der Waals surface area contributed by atoms with Gasteiger partial charge in [-0.1, -0.05) is 27.7 Å². The Morgan fingerprint density at radius 2 is 1.76 bits per heavy atom. The van der Waals surface area contributed by atoms with E-state index in [4.69, 9.17) is 5.84 Å². The third-order valence-corrected chi connectivity index (χ3v) is 4.59. The van der Waals surface area contributed by atoms with Gasteiger partial charge in [0.25, 0.3) is 0 Å². The number of nitrogen functional groups attached to an aromatic ring is 1. The zero-order valence-electron chi connectivity index (χ0n) is 10.9. The highest BCUT2D eigenvalue weighted by Crippen LogP contribution is 2.68. The van der Waals surface area contributed by atoms with E-state index in [0.717, 1.165) is 12.4 Å². The predicted octanol–water partition coefficient (Wildman–Crippen LogP) is 1.86. The number of hydrogen-bond acceptors (Lipinski definition) is 5. The first-order valence-electron chi connectivity index (χ1n) is 5.92. The maximum Gasteiger partial charge on any atom is 0.160 e. The van der Waals surface area contributed by atoms with Crippen LogP contribution in [0.1, 0.15) is 27.7 Å². The molecule has 0 aromatic carbocycles. The summed E-state index contributed by atoms with van der Waals surface area (Å²) in [6.07, 6.45) is 3.30. The number of rotatable bonds is 4. The molecule has 0 atom stereocenters. The van der Waals surface area contributed by atoms with Crippen LogP contribution in [0.5, 0.6) is 0 Å². The monoisotopic (exact) mass is 235 g/mol. The Kier molecular flexibility index (Phi) is 2.73. The molecule has 2 rings (SSSR count). The van der Waals surface area contributed by atoms with E-state index >= 15 is 0 Å². The molecular weight excluding hydrogens is 214 g/mol. The van der Waals surface area contributed by atoms with E-state index in [0.29, 0.717) is 22.6 Å². The third kappa shape index (κ3) is 1.95. The minimum Gasteiger partial charge on any atom is -0.368 e. The van der Waals surface area contributed by atoms with Crippen molar-refractivity contribution in [1.82, 2.24) is 9.97 Å². The minimum absolute atomic E-state index is 0.386. The number of nitrogens with zero attached hydrogens (tertiary/aromatic N) is 2. The lowest BCUT2D eigenvalue weighted by Gasteiger charge is -2.07. The Morgan fingerprint density at radius 1 is 1.18 bits per heavy atom. The quantitative estimate of drug-likeness (QED) is 0.548. The Bertz CT molecular complexity index is 399. The van der Waals surface area contributed by atoms with E-state index in [1.54, 1.807) is 12.4 Å². The predicted molar refractivity (Wildman–Crippen MR) is 69.4 cm³/mol. The fraction of sp³-hybridized carbons (Fsp3) is 0.667. The van der Waals surface area contributed by atoms with Crippen molar-refractivity contribution in [3.05, 3.63) is 12.4 Å². The molecule has 0 saturated heterocycles. The first kappa shape index (κ1) is 12.1. The van der Waals surface area contributed by atoms with Crippen molar-refractivity contribution in [3.8, 4) is 0 Å². The average molecular weight is 235 g/mol. The summed E-state index contributed by atoms with van der Waals surface area (Å²) < 4.78 is 0. The molecule has 0 amide bonds. The second-order valence-corrected chi connectivity index (χ2v) is 5.81. The van der Waals surface area contributed by atoms with Crippen molar-refractivity contribution in [1.29, 1.82) is 0 Å². The second-order valence-electron chi connectivity index (χ2n) is 5.81. The van der Waals surface area contributed by atoms with Crippen molar-refractivity contribution in [2.75, 3.05) is 17.3 Å². The summed E-state index contributed by atoms with van der Waals surface area (Å²) >= 11 is 0. The van der Waals surface area contributed by atoms with Crippen LogP contribution in [0.15, 0.2) is 12.4 Å². The van der Waals surface area contributed by atoms with Crippen LogP contribution >= 0.6 is 0 Å². The molecule has 1 fully saturated rings. The molecule has 0 aliphatic heterocycles. The SMILES string of the molecule is CC1(C)C(CNc2cncc(NN)n2)C1(C)C. The molecule has 0 bridgehead atoms. The summed E-state index contributed by atoms with van der Waals surface area (Å²) in [5.41, 5.74) is 3.26. The highest BCUT2D eigenvalue weighted by molar-refractivity contribution is 5.41. The zero-order valence-corrected chi connectivity index (χ0v) is 10.9. The number of hydrazine groups is 1. The number of anilines is 2. The Labute approximate surface area is 102 Å². The molecule has 1 aliphatic carbocycles. The van der Waals surface area contributed by atoms with Crippen LogP contribution in [0.2, 0.25) is 0 Å². The minimum atomic E-state index is 0.386. The van der Waals surface area contributed by atoms with E-state index in [1.165, 1.54) is 0 Å². The van der Waals surface area contributed by atoms with Gasteiger partial charge < -0.3 is 10.7 Å². The summed E-state index contributed by atoms with van der Waals surface area (Å²) in [7, 11) is 0. The lowest BCUT2D eigenvalue weighted by molar-refractivity contribution is 0.457. The van der Waals surface area contributed by atoms with Gasteiger partial charge in [-0.3, -0.25) is 4.98 Å². The molecule has 94 valence electrons.